The third-order valence-electron chi connectivity index (χ3n) is 5.03. The van der Waals surface area contributed by atoms with E-state index in [9.17, 15) is 4.79 Å². The normalized spacial score (nSPS) is 17.4. The highest BCUT2D eigenvalue weighted by Gasteiger charge is 2.22. The molecule has 0 spiro atoms. The van der Waals surface area contributed by atoms with Crippen LogP contribution in [0.15, 0.2) is 54.6 Å². The Morgan fingerprint density at radius 2 is 1.52 bits per heavy atom. The summed E-state index contributed by atoms with van der Waals surface area (Å²) in [4.78, 5) is 17.5. The highest BCUT2D eigenvalue weighted by atomic mass is 16.1. The van der Waals surface area contributed by atoms with Gasteiger partial charge in [-0.2, -0.15) is 0 Å². The fraction of sp³-hybridized carbons (Fsp3) is 0.409. The first kappa shape index (κ1) is 17.8. The van der Waals surface area contributed by atoms with Crippen molar-refractivity contribution in [3.05, 3.63) is 71.3 Å². The van der Waals surface area contributed by atoms with Gasteiger partial charge in [-0.05, 0) is 12.5 Å². The number of carbonyl (C=O) groups excluding carboxylic acids is 1. The van der Waals surface area contributed by atoms with Gasteiger partial charge in [0.15, 0.2) is 5.78 Å². The standard InChI is InChI=1S/C22H28N2O/c1-18-8-10-21(11-9-18)22(25)19(2)16-23-12-14-24(15-13-23)17-20-6-4-3-5-7-20/h3-11,19H,12-17H2,1-2H3. The van der Waals surface area contributed by atoms with E-state index in [2.05, 4.69) is 47.1 Å². The van der Waals surface area contributed by atoms with Gasteiger partial charge in [0.1, 0.15) is 0 Å². The number of hydrogen-bond donors (Lipinski definition) is 0. The minimum Gasteiger partial charge on any atom is -0.300 e. The van der Waals surface area contributed by atoms with Crippen molar-refractivity contribution >= 4 is 5.78 Å². The Labute approximate surface area is 151 Å². The van der Waals surface area contributed by atoms with Crippen molar-refractivity contribution in [1.82, 2.24) is 9.80 Å². The lowest BCUT2D eigenvalue weighted by molar-refractivity contribution is 0.0826. The third-order valence-corrected chi connectivity index (χ3v) is 5.03. The van der Waals surface area contributed by atoms with E-state index < -0.39 is 0 Å². The average molecular weight is 336 g/mol. The number of carbonyl (C=O) groups is 1. The number of aryl methyl sites for hydroxylation is 1. The number of hydrogen-bond acceptors (Lipinski definition) is 3. The van der Waals surface area contributed by atoms with Crippen LogP contribution in [0.25, 0.3) is 0 Å². The van der Waals surface area contributed by atoms with Crippen LogP contribution in [0, 0.1) is 12.8 Å². The molecule has 0 bridgehead atoms. The lowest BCUT2D eigenvalue weighted by Gasteiger charge is -2.35. The van der Waals surface area contributed by atoms with Gasteiger partial charge in [0.05, 0.1) is 0 Å². The first-order valence-electron chi connectivity index (χ1n) is 9.21. The van der Waals surface area contributed by atoms with Crippen molar-refractivity contribution in [3.63, 3.8) is 0 Å². The van der Waals surface area contributed by atoms with Gasteiger partial charge in [0, 0.05) is 50.7 Å². The van der Waals surface area contributed by atoms with E-state index >= 15 is 0 Å². The van der Waals surface area contributed by atoms with Gasteiger partial charge in [0.2, 0.25) is 0 Å². The highest BCUT2D eigenvalue weighted by Crippen LogP contribution is 2.14. The van der Waals surface area contributed by atoms with Crippen LogP contribution in [0.1, 0.15) is 28.4 Å². The predicted molar refractivity (Wildman–Crippen MR) is 103 cm³/mol. The van der Waals surface area contributed by atoms with E-state index in [0.717, 1.165) is 44.8 Å². The van der Waals surface area contributed by atoms with Crippen molar-refractivity contribution in [2.24, 2.45) is 5.92 Å². The first-order valence-corrected chi connectivity index (χ1v) is 9.21. The van der Waals surface area contributed by atoms with Crippen LogP contribution in [0.3, 0.4) is 0 Å². The molecule has 1 atom stereocenters. The van der Waals surface area contributed by atoms with E-state index in [1.165, 1.54) is 11.1 Å². The van der Waals surface area contributed by atoms with E-state index in [1.807, 2.05) is 31.2 Å². The third kappa shape index (κ3) is 5.00. The lowest BCUT2D eigenvalue weighted by atomic mass is 9.98. The van der Waals surface area contributed by atoms with Crippen LogP contribution < -0.4 is 0 Å². The van der Waals surface area contributed by atoms with Crippen molar-refractivity contribution in [3.8, 4) is 0 Å². The van der Waals surface area contributed by atoms with E-state index in [-0.39, 0.29) is 11.7 Å². The molecule has 132 valence electrons. The predicted octanol–water partition coefficient (Wildman–Crippen LogP) is 3.63. The summed E-state index contributed by atoms with van der Waals surface area (Å²) in [6, 6.07) is 18.6. The Bertz CT molecular complexity index is 673. The fourth-order valence-corrected chi connectivity index (χ4v) is 3.44. The summed E-state index contributed by atoms with van der Waals surface area (Å²) in [5.41, 5.74) is 3.40. The Balaban J connectivity index is 1.46. The van der Waals surface area contributed by atoms with Crippen molar-refractivity contribution in [1.29, 1.82) is 0 Å². The molecule has 1 unspecified atom stereocenters. The monoisotopic (exact) mass is 336 g/mol. The number of rotatable bonds is 6. The van der Waals surface area contributed by atoms with Crippen molar-refractivity contribution in [2.45, 2.75) is 20.4 Å². The van der Waals surface area contributed by atoms with Gasteiger partial charge in [-0.1, -0.05) is 67.1 Å². The zero-order valence-corrected chi connectivity index (χ0v) is 15.3. The van der Waals surface area contributed by atoms with Crippen LogP contribution in [-0.2, 0) is 6.54 Å². The molecule has 1 aliphatic heterocycles. The van der Waals surface area contributed by atoms with Crippen LogP contribution in [-0.4, -0.2) is 48.3 Å². The molecule has 0 aliphatic carbocycles. The molecule has 0 aromatic heterocycles. The van der Waals surface area contributed by atoms with E-state index in [0.29, 0.717) is 0 Å². The number of piperazine rings is 1. The molecular weight excluding hydrogens is 308 g/mol. The largest absolute Gasteiger partial charge is 0.300 e. The van der Waals surface area contributed by atoms with Gasteiger partial charge in [-0.3, -0.25) is 9.69 Å². The number of nitrogens with zero attached hydrogens (tertiary/aromatic N) is 2. The topological polar surface area (TPSA) is 23.6 Å². The maximum Gasteiger partial charge on any atom is 0.166 e. The van der Waals surface area contributed by atoms with Gasteiger partial charge in [-0.25, -0.2) is 0 Å². The van der Waals surface area contributed by atoms with Crippen LogP contribution in [0.5, 0.6) is 0 Å². The molecule has 2 aromatic rings. The second kappa shape index (κ2) is 8.41. The number of ketones is 1. The van der Waals surface area contributed by atoms with Crippen molar-refractivity contribution < 1.29 is 4.79 Å². The van der Waals surface area contributed by atoms with Crippen molar-refractivity contribution in [2.75, 3.05) is 32.7 Å². The molecule has 2 aromatic carbocycles. The molecule has 1 heterocycles. The Hall–Kier alpha value is -1.97. The molecule has 0 radical (unpaired) electrons. The zero-order valence-electron chi connectivity index (χ0n) is 15.3. The lowest BCUT2D eigenvalue weighted by Crippen LogP contribution is -2.47. The van der Waals surface area contributed by atoms with Crippen LogP contribution >= 0.6 is 0 Å². The molecule has 1 fully saturated rings. The minimum absolute atomic E-state index is 0.0448. The Morgan fingerprint density at radius 3 is 2.16 bits per heavy atom. The number of Topliss-reactive ketones (excluding diaryl/α,β-unsaturated/α-hetero) is 1. The summed E-state index contributed by atoms with van der Waals surface area (Å²) >= 11 is 0. The summed E-state index contributed by atoms with van der Waals surface area (Å²) in [6.07, 6.45) is 0. The molecule has 1 aliphatic rings. The van der Waals surface area contributed by atoms with Crippen LogP contribution in [0.4, 0.5) is 0 Å². The molecule has 25 heavy (non-hydrogen) atoms. The molecule has 0 saturated carbocycles. The number of benzene rings is 2. The molecule has 0 amide bonds. The molecule has 3 heteroatoms. The summed E-state index contributed by atoms with van der Waals surface area (Å²) in [6.45, 7) is 10.2. The fourth-order valence-electron chi connectivity index (χ4n) is 3.44. The maximum atomic E-state index is 12.6. The second-order valence-corrected chi connectivity index (χ2v) is 7.19. The molecular formula is C22H28N2O. The second-order valence-electron chi connectivity index (χ2n) is 7.19. The SMILES string of the molecule is Cc1ccc(C(=O)C(C)CN2CCN(Cc3ccccc3)CC2)cc1. The van der Waals surface area contributed by atoms with Gasteiger partial charge in [0.25, 0.3) is 0 Å². The van der Waals surface area contributed by atoms with E-state index in [1.54, 1.807) is 0 Å². The molecule has 3 rings (SSSR count). The smallest absolute Gasteiger partial charge is 0.166 e. The summed E-state index contributed by atoms with van der Waals surface area (Å²) in [5, 5.41) is 0. The summed E-state index contributed by atoms with van der Waals surface area (Å²) in [5.74, 6) is 0.301. The van der Waals surface area contributed by atoms with Gasteiger partial charge in [-0.15, -0.1) is 0 Å². The Morgan fingerprint density at radius 1 is 0.920 bits per heavy atom. The molecule has 1 saturated heterocycles. The highest BCUT2D eigenvalue weighted by molar-refractivity contribution is 5.97. The molecule has 0 N–H and O–H groups in total. The first-order chi connectivity index (χ1) is 12.1. The van der Waals surface area contributed by atoms with Gasteiger partial charge >= 0.3 is 0 Å². The van der Waals surface area contributed by atoms with E-state index in [4.69, 9.17) is 0 Å². The van der Waals surface area contributed by atoms with Crippen LogP contribution in [0.2, 0.25) is 0 Å². The zero-order chi connectivity index (χ0) is 17.6. The quantitative estimate of drug-likeness (QED) is 0.753. The minimum atomic E-state index is 0.0448. The summed E-state index contributed by atoms with van der Waals surface area (Å²) < 4.78 is 0. The molecule has 3 nitrogen and oxygen atoms in total. The van der Waals surface area contributed by atoms with Gasteiger partial charge < -0.3 is 4.90 Å². The maximum absolute atomic E-state index is 12.6. The average Bonchev–Trinajstić information content (AvgIpc) is 2.64. The Kier molecular flexibility index (Phi) is 6.00. The summed E-state index contributed by atoms with van der Waals surface area (Å²) in [7, 11) is 0.